The maximum atomic E-state index is 12.3. The summed E-state index contributed by atoms with van der Waals surface area (Å²) >= 11 is 3.44. The first-order valence-corrected chi connectivity index (χ1v) is 8.48. The number of unbranched alkanes of at least 4 members (excludes halogenated alkanes) is 4. The first-order chi connectivity index (χ1) is 10.1. The van der Waals surface area contributed by atoms with Crippen molar-refractivity contribution in [3.05, 3.63) is 46.0 Å². The van der Waals surface area contributed by atoms with Crippen molar-refractivity contribution in [1.29, 1.82) is 0 Å². The van der Waals surface area contributed by atoms with Gasteiger partial charge in [-0.25, -0.2) is 0 Å². The molecule has 1 aliphatic carbocycles. The lowest BCUT2D eigenvalue weighted by atomic mass is 9.94. The Balaban J connectivity index is 2.09. The maximum Gasteiger partial charge on any atom is 0.320 e. The quantitative estimate of drug-likeness (QED) is 0.385. The van der Waals surface area contributed by atoms with Gasteiger partial charge in [0.05, 0.1) is 7.11 Å². The molecule has 0 N–H and O–H groups in total. The van der Waals surface area contributed by atoms with Gasteiger partial charge in [0.2, 0.25) is 0 Å². The van der Waals surface area contributed by atoms with Gasteiger partial charge in [0.25, 0.3) is 0 Å². The number of allylic oxidation sites excluding steroid dienone is 1. The number of benzene rings is 1. The molecule has 0 radical (unpaired) electrons. The summed E-state index contributed by atoms with van der Waals surface area (Å²) in [5, 5.41) is 0. The van der Waals surface area contributed by atoms with Crippen LogP contribution in [0.3, 0.4) is 0 Å². The predicted molar refractivity (Wildman–Crippen MR) is 89.3 cm³/mol. The largest absolute Gasteiger partial charge is 0.468 e. The van der Waals surface area contributed by atoms with Gasteiger partial charge in [0, 0.05) is 4.47 Å². The highest BCUT2D eigenvalue weighted by Crippen LogP contribution is 2.55. The Labute approximate surface area is 135 Å². The van der Waals surface area contributed by atoms with Crippen molar-refractivity contribution in [3.8, 4) is 0 Å². The van der Waals surface area contributed by atoms with Gasteiger partial charge in [-0.2, -0.15) is 0 Å². The molecule has 1 aromatic carbocycles. The number of halogens is 1. The minimum Gasteiger partial charge on any atom is -0.468 e. The van der Waals surface area contributed by atoms with Crippen LogP contribution in [0.4, 0.5) is 0 Å². The fourth-order valence-corrected chi connectivity index (χ4v) is 3.12. The van der Waals surface area contributed by atoms with Crippen molar-refractivity contribution in [2.24, 2.45) is 0 Å². The van der Waals surface area contributed by atoms with Crippen molar-refractivity contribution >= 4 is 21.9 Å². The van der Waals surface area contributed by atoms with Crippen LogP contribution >= 0.6 is 15.9 Å². The number of hydrogen-bond donors (Lipinski definition) is 0. The summed E-state index contributed by atoms with van der Waals surface area (Å²) in [4.78, 5) is 12.3. The van der Waals surface area contributed by atoms with Crippen LogP contribution in [-0.2, 0) is 14.9 Å². The second-order valence-electron chi connectivity index (χ2n) is 5.66. The predicted octanol–water partition coefficient (Wildman–Crippen LogP) is 5.16. The lowest BCUT2D eigenvalue weighted by Crippen LogP contribution is -2.22. The third kappa shape index (κ3) is 3.57. The molecule has 0 spiro atoms. The van der Waals surface area contributed by atoms with Crippen LogP contribution in [0.1, 0.15) is 51.0 Å². The minimum absolute atomic E-state index is 0.135. The molecule has 1 aliphatic rings. The van der Waals surface area contributed by atoms with Gasteiger partial charge < -0.3 is 4.74 Å². The molecule has 3 heteroatoms. The third-order valence-electron chi connectivity index (χ3n) is 4.20. The summed E-state index contributed by atoms with van der Waals surface area (Å²) in [6, 6.07) is 7.99. The van der Waals surface area contributed by atoms with E-state index in [9.17, 15) is 4.79 Å². The van der Waals surface area contributed by atoms with E-state index in [0.717, 1.165) is 22.9 Å². The van der Waals surface area contributed by atoms with Crippen LogP contribution in [0, 0.1) is 0 Å². The molecule has 21 heavy (non-hydrogen) atoms. The Morgan fingerprint density at radius 1 is 1.29 bits per heavy atom. The molecule has 0 heterocycles. The molecule has 114 valence electrons. The van der Waals surface area contributed by atoms with Crippen LogP contribution < -0.4 is 0 Å². The molecule has 0 aromatic heterocycles. The zero-order chi connectivity index (χ0) is 15.3. The molecule has 2 rings (SSSR count). The van der Waals surface area contributed by atoms with Gasteiger partial charge in [0.15, 0.2) is 0 Å². The summed E-state index contributed by atoms with van der Waals surface area (Å²) < 4.78 is 6.07. The van der Waals surface area contributed by atoms with Crippen molar-refractivity contribution in [1.82, 2.24) is 0 Å². The molecule has 0 aliphatic heterocycles. The number of rotatable bonds is 7. The molecule has 1 aromatic rings. The first kappa shape index (κ1) is 16.3. The van der Waals surface area contributed by atoms with E-state index >= 15 is 0 Å². The number of hydrogen-bond acceptors (Lipinski definition) is 2. The van der Waals surface area contributed by atoms with Crippen LogP contribution in [-0.4, -0.2) is 13.1 Å². The van der Waals surface area contributed by atoms with Gasteiger partial charge in [-0.1, -0.05) is 65.9 Å². The molecular formula is C18H23BrO2. The van der Waals surface area contributed by atoms with E-state index in [4.69, 9.17) is 4.74 Å². The van der Waals surface area contributed by atoms with Crippen molar-refractivity contribution in [2.75, 3.05) is 7.11 Å². The Bertz CT molecular complexity index is 519. The Kier molecular flexibility index (Phi) is 5.63. The second-order valence-corrected chi connectivity index (χ2v) is 6.57. The number of ether oxygens (including phenoxy) is 1. The molecule has 1 atom stereocenters. The average Bonchev–Trinajstić information content (AvgIpc) is 3.22. The standard InChI is InChI=1S/C18H23BrO2/c1-3-4-5-6-7-8-15-13-18(15,17(20)21-2)14-9-11-16(19)12-10-14/h8-12H,3-7,13H2,1-2H3/b15-8+/t18-/m0/s1. The highest BCUT2D eigenvalue weighted by atomic mass is 79.9. The molecule has 0 bridgehead atoms. The Hall–Kier alpha value is -1.09. The van der Waals surface area contributed by atoms with E-state index in [0.29, 0.717) is 0 Å². The molecule has 0 saturated heterocycles. The van der Waals surface area contributed by atoms with Crippen LogP contribution in [0.25, 0.3) is 0 Å². The summed E-state index contributed by atoms with van der Waals surface area (Å²) in [7, 11) is 1.47. The average molecular weight is 351 g/mol. The Morgan fingerprint density at radius 3 is 2.62 bits per heavy atom. The lowest BCUT2D eigenvalue weighted by Gasteiger charge is -2.13. The summed E-state index contributed by atoms with van der Waals surface area (Å²) in [6.07, 6.45) is 9.12. The SMILES string of the molecule is CCCCCC/C=C1\C[C@]1(C(=O)OC)c1ccc(Br)cc1. The van der Waals surface area contributed by atoms with Gasteiger partial charge in [-0.15, -0.1) is 0 Å². The van der Waals surface area contributed by atoms with Crippen molar-refractivity contribution < 1.29 is 9.53 Å². The Morgan fingerprint density at radius 2 is 2.00 bits per heavy atom. The van der Waals surface area contributed by atoms with Crippen LogP contribution in [0.5, 0.6) is 0 Å². The van der Waals surface area contributed by atoms with E-state index in [2.05, 4.69) is 28.9 Å². The molecule has 0 unspecified atom stereocenters. The fourth-order valence-electron chi connectivity index (χ4n) is 2.85. The fraction of sp³-hybridized carbons (Fsp3) is 0.500. The molecule has 1 fully saturated rings. The van der Waals surface area contributed by atoms with E-state index in [1.54, 1.807) is 0 Å². The van der Waals surface area contributed by atoms with Crippen LogP contribution in [0.15, 0.2) is 40.4 Å². The highest BCUT2D eigenvalue weighted by molar-refractivity contribution is 9.10. The minimum atomic E-state index is -0.514. The van der Waals surface area contributed by atoms with E-state index in [1.165, 1.54) is 38.4 Å². The first-order valence-electron chi connectivity index (χ1n) is 7.69. The van der Waals surface area contributed by atoms with Gasteiger partial charge in [-0.05, 0) is 37.0 Å². The number of methoxy groups -OCH3 is 1. The number of carbonyl (C=O) groups excluding carboxylic acids is 1. The zero-order valence-electron chi connectivity index (χ0n) is 12.8. The van der Waals surface area contributed by atoms with Gasteiger partial charge in [0.1, 0.15) is 5.41 Å². The molecular weight excluding hydrogens is 328 g/mol. The number of carbonyl (C=O) groups is 1. The lowest BCUT2D eigenvalue weighted by molar-refractivity contribution is -0.143. The monoisotopic (exact) mass is 350 g/mol. The van der Waals surface area contributed by atoms with Gasteiger partial charge >= 0.3 is 5.97 Å². The summed E-state index contributed by atoms with van der Waals surface area (Å²) in [6.45, 7) is 2.22. The van der Waals surface area contributed by atoms with Gasteiger partial charge in [-0.3, -0.25) is 4.79 Å². The van der Waals surface area contributed by atoms with E-state index in [1.807, 2.05) is 24.3 Å². The van der Waals surface area contributed by atoms with E-state index < -0.39 is 5.41 Å². The van der Waals surface area contributed by atoms with Crippen molar-refractivity contribution in [3.63, 3.8) is 0 Å². The molecule has 1 saturated carbocycles. The van der Waals surface area contributed by atoms with Crippen molar-refractivity contribution in [2.45, 2.75) is 50.9 Å². The maximum absolute atomic E-state index is 12.3. The number of esters is 1. The summed E-state index contributed by atoms with van der Waals surface area (Å²) in [5.41, 5.74) is 1.74. The third-order valence-corrected chi connectivity index (χ3v) is 4.73. The highest BCUT2D eigenvalue weighted by Gasteiger charge is 2.57. The zero-order valence-corrected chi connectivity index (χ0v) is 14.4. The topological polar surface area (TPSA) is 26.3 Å². The second kappa shape index (κ2) is 7.26. The van der Waals surface area contributed by atoms with Crippen LogP contribution in [0.2, 0.25) is 0 Å². The van der Waals surface area contributed by atoms with E-state index in [-0.39, 0.29) is 5.97 Å². The summed E-state index contributed by atoms with van der Waals surface area (Å²) in [5.74, 6) is -0.135. The molecule has 0 amide bonds. The molecule has 2 nitrogen and oxygen atoms in total. The smallest absolute Gasteiger partial charge is 0.320 e. The normalized spacial score (nSPS) is 22.3.